The molecule has 2 rings (SSSR count). The molecule has 0 radical (unpaired) electrons. The van der Waals surface area contributed by atoms with Crippen molar-refractivity contribution < 1.29 is 19.4 Å². The van der Waals surface area contributed by atoms with Crippen LogP contribution in [-0.4, -0.2) is 23.3 Å². The van der Waals surface area contributed by atoms with Gasteiger partial charge in [0.05, 0.1) is 0 Å². The van der Waals surface area contributed by atoms with Crippen LogP contribution in [0, 0.1) is 11.8 Å². The van der Waals surface area contributed by atoms with E-state index < -0.39 is 5.97 Å². The number of rotatable bonds is 10. The number of allylic oxidation sites excluding steroid dienone is 1. The third-order valence-electron chi connectivity index (χ3n) is 5.12. The van der Waals surface area contributed by atoms with Gasteiger partial charge in [-0.15, -0.1) is 0 Å². The molecule has 2 atom stereocenters. The van der Waals surface area contributed by atoms with Gasteiger partial charge in [-0.25, -0.2) is 4.79 Å². The topological polar surface area (TPSA) is 55.8 Å². The van der Waals surface area contributed by atoms with Gasteiger partial charge in [0.2, 0.25) is 0 Å². The third-order valence-corrected chi connectivity index (χ3v) is 5.12. The zero-order valence-corrected chi connectivity index (χ0v) is 17.2. The van der Waals surface area contributed by atoms with E-state index in [9.17, 15) is 4.79 Å². The summed E-state index contributed by atoms with van der Waals surface area (Å²) in [5, 5.41) is 8.72. The highest BCUT2D eigenvalue weighted by molar-refractivity contribution is 5.68. The quantitative estimate of drug-likeness (QED) is 0.538. The molecule has 1 aromatic carbocycles. The van der Waals surface area contributed by atoms with Gasteiger partial charge in [-0.3, -0.25) is 0 Å². The van der Waals surface area contributed by atoms with Crippen LogP contribution in [0.3, 0.4) is 0 Å². The van der Waals surface area contributed by atoms with Crippen molar-refractivity contribution in [1.82, 2.24) is 0 Å². The first-order chi connectivity index (χ1) is 12.8. The number of carboxylic acids is 1. The fourth-order valence-corrected chi connectivity index (χ4v) is 3.43. The molecule has 2 unspecified atom stereocenters. The Morgan fingerprint density at radius 3 is 2.81 bits per heavy atom. The summed E-state index contributed by atoms with van der Waals surface area (Å²) >= 11 is 0. The molecule has 4 nitrogen and oxygen atoms in total. The number of carboxylic acid groups (broad SMARTS) is 1. The Morgan fingerprint density at radius 1 is 1.33 bits per heavy atom. The number of ether oxygens (including phenoxy) is 2. The summed E-state index contributed by atoms with van der Waals surface area (Å²) in [5.41, 5.74) is 0.791. The Hall–Kier alpha value is -1.97. The smallest absolute Gasteiger partial charge is 0.341 e. The van der Waals surface area contributed by atoms with Crippen molar-refractivity contribution in [3.63, 3.8) is 0 Å². The van der Waals surface area contributed by atoms with Crippen molar-refractivity contribution in [3.8, 4) is 11.5 Å². The Bertz CT molecular complexity index is 650. The molecule has 1 N–H and O–H groups in total. The predicted molar refractivity (Wildman–Crippen MR) is 109 cm³/mol. The minimum atomic E-state index is -0.972. The van der Waals surface area contributed by atoms with Crippen molar-refractivity contribution in [2.45, 2.75) is 71.8 Å². The van der Waals surface area contributed by atoms with Crippen molar-refractivity contribution in [2.75, 3.05) is 6.61 Å². The van der Waals surface area contributed by atoms with Crippen LogP contribution in [0.4, 0.5) is 0 Å². The van der Waals surface area contributed by atoms with Gasteiger partial charge < -0.3 is 14.6 Å². The van der Waals surface area contributed by atoms with E-state index in [-0.39, 0.29) is 12.2 Å². The molecule has 1 aliphatic rings. The van der Waals surface area contributed by atoms with Crippen molar-refractivity contribution >= 4 is 5.97 Å². The lowest BCUT2D eigenvalue weighted by molar-refractivity contribution is -0.139. The average molecular weight is 375 g/mol. The molecule has 0 aliphatic carbocycles. The van der Waals surface area contributed by atoms with E-state index in [2.05, 4.69) is 39.8 Å². The highest BCUT2D eigenvalue weighted by Crippen LogP contribution is 2.36. The van der Waals surface area contributed by atoms with Crippen molar-refractivity contribution in [1.29, 1.82) is 0 Å². The molecule has 0 saturated heterocycles. The monoisotopic (exact) mass is 374 g/mol. The summed E-state index contributed by atoms with van der Waals surface area (Å²) in [7, 11) is 0. The van der Waals surface area contributed by atoms with Crippen LogP contribution in [0.2, 0.25) is 0 Å². The number of aryl methyl sites for hydroxylation is 1. The molecule has 0 saturated carbocycles. The van der Waals surface area contributed by atoms with Gasteiger partial charge in [0.1, 0.15) is 17.1 Å². The lowest BCUT2D eigenvalue weighted by atomic mass is 9.91. The number of aliphatic carboxylic acids is 1. The summed E-state index contributed by atoms with van der Waals surface area (Å²) in [6, 6.07) is 5.54. The van der Waals surface area contributed by atoms with Gasteiger partial charge in [-0.1, -0.05) is 46.1 Å². The third kappa shape index (κ3) is 7.28. The first-order valence-corrected chi connectivity index (χ1v) is 10.1. The van der Waals surface area contributed by atoms with E-state index in [1.54, 1.807) is 6.07 Å². The lowest BCUT2D eigenvalue weighted by Gasteiger charge is -2.33. The molecular weight excluding hydrogens is 340 g/mol. The van der Waals surface area contributed by atoms with Crippen LogP contribution in [-0.2, 0) is 11.2 Å². The van der Waals surface area contributed by atoms with Crippen molar-refractivity contribution in [2.24, 2.45) is 11.8 Å². The molecule has 1 aromatic rings. The lowest BCUT2D eigenvalue weighted by Crippen LogP contribution is -2.34. The van der Waals surface area contributed by atoms with Crippen LogP contribution in [0.15, 0.2) is 30.4 Å². The summed E-state index contributed by atoms with van der Waals surface area (Å²) in [6.07, 6.45) is 11.3. The number of hydrogen-bond donors (Lipinski definition) is 1. The van der Waals surface area contributed by atoms with Crippen LogP contribution in [0.25, 0.3) is 0 Å². The summed E-state index contributed by atoms with van der Waals surface area (Å²) in [4.78, 5) is 10.6. The highest BCUT2D eigenvalue weighted by atomic mass is 16.5. The zero-order chi connectivity index (χ0) is 19.9. The van der Waals surface area contributed by atoms with Crippen LogP contribution in [0.1, 0.15) is 65.4 Å². The first-order valence-electron chi connectivity index (χ1n) is 10.1. The van der Waals surface area contributed by atoms with E-state index in [1.165, 1.54) is 19.3 Å². The van der Waals surface area contributed by atoms with Gasteiger partial charge in [-0.2, -0.15) is 0 Å². The minimum Gasteiger partial charge on any atom is -0.483 e. The summed E-state index contributed by atoms with van der Waals surface area (Å²) < 4.78 is 11.5. The Balaban J connectivity index is 1.86. The van der Waals surface area contributed by atoms with Crippen molar-refractivity contribution in [3.05, 3.63) is 35.9 Å². The van der Waals surface area contributed by atoms with E-state index in [0.29, 0.717) is 11.7 Å². The molecule has 1 aliphatic heterocycles. The van der Waals surface area contributed by atoms with Gasteiger partial charge in [0.15, 0.2) is 6.61 Å². The number of benzene rings is 1. The zero-order valence-electron chi connectivity index (χ0n) is 17.2. The second kappa shape index (κ2) is 9.82. The molecule has 4 heteroatoms. The second-order valence-corrected chi connectivity index (χ2v) is 8.43. The maximum atomic E-state index is 10.6. The van der Waals surface area contributed by atoms with Crippen LogP contribution in [0.5, 0.6) is 11.5 Å². The molecule has 0 spiro atoms. The number of fused-ring (bicyclic) bond motifs is 1. The number of hydrogen-bond acceptors (Lipinski definition) is 3. The maximum absolute atomic E-state index is 10.6. The number of carbonyl (C=O) groups is 1. The predicted octanol–water partition coefficient (Wildman–Crippen LogP) is 5.64. The molecule has 27 heavy (non-hydrogen) atoms. The Kier molecular flexibility index (Phi) is 7.76. The summed E-state index contributed by atoms with van der Waals surface area (Å²) in [6.45, 7) is 8.69. The normalized spacial score (nSPS) is 20.3. The van der Waals surface area contributed by atoms with E-state index in [4.69, 9.17) is 14.6 Å². The van der Waals surface area contributed by atoms with E-state index in [0.717, 1.165) is 36.5 Å². The Labute approximate surface area is 163 Å². The highest BCUT2D eigenvalue weighted by Gasteiger charge is 2.29. The molecule has 0 fully saturated rings. The molecule has 1 heterocycles. The van der Waals surface area contributed by atoms with Gasteiger partial charge in [0, 0.05) is 0 Å². The SMILES string of the molecule is CC(C)CCCC(C)C/C=C/C1(C)CCc2cc(OCC(=O)O)ccc2O1. The van der Waals surface area contributed by atoms with Gasteiger partial charge in [0.25, 0.3) is 0 Å². The standard InChI is InChI=1S/C23H34O4/c1-17(2)7-5-8-18(3)9-6-13-23(4)14-12-19-15-20(26-16-22(24)25)10-11-21(19)27-23/h6,10-11,13,15,17-18H,5,7-9,12,14,16H2,1-4H3,(H,24,25)/b13-6+. The minimum absolute atomic E-state index is 0.284. The first kappa shape index (κ1) is 21.3. The second-order valence-electron chi connectivity index (χ2n) is 8.43. The molecule has 0 bridgehead atoms. The molecule has 150 valence electrons. The Morgan fingerprint density at radius 2 is 2.11 bits per heavy atom. The average Bonchev–Trinajstić information content (AvgIpc) is 2.59. The van der Waals surface area contributed by atoms with Crippen LogP contribution >= 0.6 is 0 Å². The fourth-order valence-electron chi connectivity index (χ4n) is 3.43. The summed E-state index contributed by atoms with van der Waals surface area (Å²) in [5.74, 6) is 1.96. The van der Waals surface area contributed by atoms with Gasteiger partial charge >= 0.3 is 5.97 Å². The fraction of sp³-hybridized carbons (Fsp3) is 0.609. The molecule has 0 amide bonds. The molecule has 0 aromatic heterocycles. The van der Waals surface area contributed by atoms with E-state index >= 15 is 0 Å². The van der Waals surface area contributed by atoms with Gasteiger partial charge in [-0.05, 0) is 67.9 Å². The maximum Gasteiger partial charge on any atom is 0.341 e. The molecular formula is C23H34O4. The largest absolute Gasteiger partial charge is 0.483 e. The van der Waals surface area contributed by atoms with E-state index in [1.807, 2.05) is 12.1 Å². The van der Waals surface area contributed by atoms with Crippen LogP contribution < -0.4 is 9.47 Å².